The van der Waals surface area contributed by atoms with Crippen molar-refractivity contribution in [2.45, 2.75) is 19.8 Å². The van der Waals surface area contributed by atoms with Crippen molar-refractivity contribution >= 4 is 55.0 Å². The van der Waals surface area contributed by atoms with Gasteiger partial charge in [0.15, 0.2) is 0 Å². The lowest BCUT2D eigenvalue weighted by atomic mass is 9.90. The van der Waals surface area contributed by atoms with Crippen LogP contribution in [0.5, 0.6) is 0 Å². The molecular formula is C41H30FN. The molecule has 2 heteroatoms. The monoisotopic (exact) mass is 555 g/mol. The Kier molecular flexibility index (Phi) is 6.08. The Morgan fingerprint density at radius 1 is 0.628 bits per heavy atom. The third-order valence-corrected chi connectivity index (χ3v) is 8.82. The van der Waals surface area contributed by atoms with Gasteiger partial charge < -0.3 is 4.90 Å². The number of allylic oxidation sites excluding steroid dienone is 4. The molecule has 1 aliphatic rings. The Morgan fingerprint density at radius 3 is 2.05 bits per heavy atom. The lowest BCUT2D eigenvalue weighted by Crippen LogP contribution is -2.14. The maximum atomic E-state index is 16.9. The summed E-state index contributed by atoms with van der Waals surface area (Å²) < 4.78 is 16.9. The number of nitrogens with zero attached hydrogens (tertiary/aromatic N) is 1. The van der Waals surface area contributed by atoms with E-state index in [9.17, 15) is 0 Å². The minimum Gasteiger partial charge on any atom is -0.307 e. The minimum atomic E-state index is -0.249. The first kappa shape index (κ1) is 25.5. The number of benzene rings is 7. The first-order valence-corrected chi connectivity index (χ1v) is 15.0. The highest BCUT2D eigenvalue weighted by Gasteiger charge is 2.25. The number of halogens is 1. The predicted molar refractivity (Wildman–Crippen MR) is 181 cm³/mol. The van der Waals surface area contributed by atoms with Crippen LogP contribution in [0, 0.1) is 12.7 Å². The maximum absolute atomic E-state index is 16.9. The summed E-state index contributed by atoms with van der Waals surface area (Å²) in [4.78, 5) is 2.12. The van der Waals surface area contributed by atoms with E-state index in [1.807, 2.05) is 36.4 Å². The lowest BCUT2D eigenvalue weighted by molar-refractivity contribution is 0.629. The highest BCUT2D eigenvalue weighted by atomic mass is 19.1. The van der Waals surface area contributed by atoms with E-state index < -0.39 is 0 Å². The summed E-state index contributed by atoms with van der Waals surface area (Å²) in [6.45, 7) is 2.17. The SMILES string of the molecule is Cc1ccc2ccc3c(N(c4ccccc4)c4c(F)cc(C5=CCCC=C5)cc4-c4ccccc4)ccc4ccc1c2c43. The van der Waals surface area contributed by atoms with Crippen LogP contribution in [-0.2, 0) is 0 Å². The highest BCUT2D eigenvalue weighted by molar-refractivity contribution is 6.26. The molecule has 0 unspecified atom stereocenters. The molecule has 43 heavy (non-hydrogen) atoms. The van der Waals surface area contributed by atoms with Gasteiger partial charge in [0, 0.05) is 16.6 Å². The smallest absolute Gasteiger partial charge is 0.148 e. The third kappa shape index (κ3) is 4.21. The van der Waals surface area contributed by atoms with Crippen molar-refractivity contribution in [3.8, 4) is 11.1 Å². The lowest BCUT2D eigenvalue weighted by Gasteiger charge is -2.30. The topological polar surface area (TPSA) is 3.24 Å². The molecule has 0 N–H and O–H groups in total. The van der Waals surface area contributed by atoms with Crippen molar-refractivity contribution in [3.63, 3.8) is 0 Å². The molecule has 0 saturated carbocycles. The zero-order valence-electron chi connectivity index (χ0n) is 24.0. The van der Waals surface area contributed by atoms with Crippen LogP contribution >= 0.6 is 0 Å². The summed E-state index contributed by atoms with van der Waals surface area (Å²) in [7, 11) is 0. The predicted octanol–water partition coefficient (Wildman–Crippen LogP) is 11.9. The molecular weight excluding hydrogens is 525 g/mol. The first-order valence-electron chi connectivity index (χ1n) is 15.0. The summed E-state index contributed by atoms with van der Waals surface area (Å²) in [5.41, 5.74) is 7.48. The van der Waals surface area contributed by atoms with Gasteiger partial charge in [0.25, 0.3) is 0 Å². The standard InChI is InChI=1S/C41H30FN/c1-27-17-18-30-20-23-35-38(24-21-31-19-22-34(27)39(30)40(31)35)43(33-15-9-4-10-16-33)41-36(29-13-7-3-8-14-29)25-32(26-37(41)42)28-11-5-2-6-12-28/h3-5,7-26H,2,6H2,1H3. The average Bonchev–Trinajstić information content (AvgIpc) is 3.07. The van der Waals surface area contributed by atoms with Gasteiger partial charge in [0.05, 0.1) is 11.4 Å². The van der Waals surface area contributed by atoms with Gasteiger partial charge in [-0.3, -0.25) is 0 Å². The Bertz CT molecular complexity index is 2190. The number of rotatable bonds is 5. The number of anilines is 3. The van der Waals surface area contributed by atoms with Crippen molar-refractivity contribution < 1.29 is 4.39 Å². The molecule has 0 amide bonds. The molecule has 7 aromatic carbocycles. The molecule has 0 atom stereocenters. The van der Waals surface area contributed by atoms with Gasteiger partial charge in [-0.05, 0) is 99.3 Å². The Labute approximate surface area is 251 Å². The number of para-hydroxylation sites is 1. The normalized spacial score (nSPS) is 13.2. The van der Waals surface area contributed by atoms with Crippen LogP contribution in [0.4, 0.5) is 21.5 Å². The van der Waals surface area contributed by atoms with Crippen LogP contribution in [0.25, 0.3) is 49.0 Å². The second-order valence-corrected chi connectivity index (χ2v) is 11.4. The molecule has 0 saturated heterocycles. The van der Waals surface area contributed by atoms with Crippen molar-refractivity contribution in [3.05, 3.63) is 156 Å². The zero-order valence-corrected chi connectivity index (χ0v) is 24.0. The minimum absolute atomic E-state index is 0.249. The summed E-state index contributed by atoms with van der Waals surface area (Å²) >= 11 is 0. The zero-order chi connectivity index (χ0) is 28.9. The average molecular weight is 556 g/mol. The highest BCUT2D eigenvalue weighted by Crippen LogP contribution is 2.48. The molecule has 0 bridgehead atoms. The van der Waals surface area contributed by atoms with Crippen molar-refractivity contribution in [1.82, 2.24) is 0 Å². The van der Waals surface area contributed by atoms with Crippen LogP contribution in [0.15, 0.2) is 140 Å². The van der Waals surface area contributed by atoms with Crippen molar-refractivity contribution in [2.24, 2.45) is 0 Å². The molecule has 0 heterocycles. The Balaban J connectivity index is 1.46. The van der Waals surface area contributed by atoms with Gasteiger partial charge in [-0.2, -0.15) is 0 Å². The van der Waals surface area contributed by atoms with Gasteiger partial charge >= 0.3 is 0 Å². The van der Waals surface area contributed by atoms with E-state index in [0.717, 1.165) is 51.9 Å². The Morgan fingerprint density at radius 2 is 1.30 bits per heavy atom. The fourth-order valence-corrected chi connectivity index (χ4v) is 6.75. The van der Waals surface area contributed by atoms with Gasteiger partial charge in [-0.15, -0.1) is 0 Å². The maximum Gasteiger partial charge on any atom is 0.148 e. The van der Waals surface area contributed by atoms with E-state index in [4.69, 9.17) is 0 Å². The molecule has 0 aliphatic heterocycles. The van der Waals surface area contributed by atoms with Crippen LogP contribution in [-0.4, -0.2) is 0 Å². The molecule has 1 nitrogen and oxygen atoms in total. The number of aryl methyl sites for hydroxylation is 1. The molecule has 0 fully saturated rings. The Hall–Kier alpha value is -5.21. The van der Waals surface area contributed by atoms with Gasteiger partial charge in [-0.25, -0.2) is 4.39 Å². The van der Waals surface area contributed by atoms with E-state index in [-0.39, 0.29) is 5.82 Å². The summed E-state index contributed by atoms with van der Waals surface area (Å²) in [5.74, 6) is -0.249. The quantitative estimate of drug-likeness (QED) is 0.191. The van der Waals surface area contributed by atoms with Crippen LogP contribution in [0.1, 0.15) is 24.0 Å². The molecule has 0 radical (unpaired) electrons. The van der Waals surface area contributed by atoms with Gasteiger partial charge in [0.1, 0.15) is 5.82 Å². The summed E-state index contributed by atoms with van der Waals surface area (Å²) in [6, 6.07) is 41.8. The first-order chi connectivity index (χ1) is 21.2. The molecule has 0 spiro atoms. The van der Waals surface area contributed by atoms with Crippen molar-refractivity contribution in [2.75, 3.05) is 4.90 Å². The largest absolute Gasteiger partial charge is 0.307 e. The second-order valence-electron chi connectivity index (χ2n) is 11.4. The van der Waals surface area contributed by atoms with E-state index >= 15 is 4.39 Å². The number of hydrogen-bond donors (Lipinski definition) is 0. The van der Waals surface area contributed by atoms with E-state index in [0.29, 0.717) is 5.69 Å². The van der Waals surface area contributed by atoms with Crippen LogP contribution in [0.3, 0.4) is 0 Å². The molecule has 8 rings (SSSR count). The van der Waals surface area contributed by atoms with E-state index in [1.165, 1.54) is 32.5 Å². The number of hydrogen-bond acceptors (Lipinski definition) is 1. The third-order valence-electron chi connectivity index (χ3n) is 8.82. The van der Waals surface area contributed by atoms with Crippen LogP contribution in [0.2, 0.25) is 0 Å². The second kappa shape index (κ2) is 10.3. The molecule has 0 aromatic heterocycles. The molecule has 1 aliphatic carbocycles. The molecule has 206 valence electrons. The van der Waals surface area contributed by atoms with E-state index in [2.05, 4.69) is 109 Å². The van der Waals surface area contributed by atoms with Gasteiger partial charge in [0.2, 0.25) is 0 Å². The fraction of sp³-hybridized carbons (Fsp3) is 0.0732. The summed E-state index contributed by atoms with van der Waals surface area (Å²) in [6.07, 6.45) is 8.48. The summed E-state index contributed by atoms with van der Waals surface area (Å²) in [5, 5.41) is 7.24. The van der Waals surface area contributed by atoms with Crippen LogP contribution < -0.4 is 4.90 Å². The van der Waals surface area contributed by atoms with E-state index in [1.54, 1.807) is 6.07 Å². The van der Waals surface area contributed by atoms with Crippen molar-refractivity contribution in [1.29, 1.82) is 0 Å². The fourth-order valence-electron chi connectivity index (χ4n) is 6.75. The molecule has 7 aromatic rings. The van der Waals surface area contributed by atoms with Gasteiger partial charge in [-0.1, -0.05) is 109 Å².